The van der Waals surface area contributed by atoms with Crippen LogP contribution in [0.4, 0.5) is 0 Å². The van der Waals surface area contributed by atoms with Crippen molar-refractivity contribution in [2.45, 2.75) is 12.5 Å². The molecule has 182 valence electrons. The van der Waals surface area contributed by atoms with Gasteiger partial charge in [0.1, 0.15) is 24.7 Å². The average Bonchev–Trinajstić information content (AvgIpc) is 2.87. The molecule has 0 unspecified atom stereocenters. The fraction of sp³-hybridized carbons (Fsp3) is 0.192. The summed E-state index contributed by atoms with van der Waals surface area (Å²) in [4.78, 5) is 29.6. The van der Waals surface area contributed by atoms with Gasteiger partial charge in [-0.3, -0.25) is 4.79 Å². The Hall–Kier alpha value is -4.04. The topological polar surface area (TPSA) is 106 Å². The van der Waals surface area contributed by atoms with Crippen LogP contribution < -0.4 is 14.8 Å². The molecule has 3 aromatic carbocycles. The summed E-state index contributed by atoms with van der Waals surface area (Å²) in [6, 6.07) is 18.2. The number of hydrogen-bond donors (Lipinski definition) is 2. The van der Waals surface area contributed by atoms with E-state index in [9.17, 15) is 14.7 Å². The molecule has 3 rings (SSSR count). The van der Waals surface area contributed by atoms with Crippen LogP contribution in [0.5, 0.6) is 11.5 Å². The minimum Gasteiger partial charge on any atom is -0.496 e. The molecule has 35 heavy (non-hydrogen) atoms. The smallest absolute Gasteiger partial charge is 0.326 e. The minimum absolute atomic E-state index is 0.0488. The summed E-state index contributed by atoms with van der Waals surface area (Å²) in [6.45, 7) is 0. The molecule has 3 aromatic rings. The van der Waals surface area contributed by atoms with Gasteiger partial charge in [-0.05, 0) is 29.3 Å². The zero-order valence-corrected chi connectivity index (χ0v) is 20.2. The number of amides is 1. The average molecular weight is 497 g/mol. The van der Waals surface area contributed by atoms with Gasteiger partial charge in [0.15, 0.2) is 5.71 Å². The number of benzene rings is 3. The van der Waals surface area contributed by atoms with E-state index in [1.165, 1.54) is 7.11 Å². The highest BCUT2D eigenvalue weighted by molar-refractivity contribution is 6.49. The van der Waals surface area contributed by atoms with Crippen molar-refractivity contribution in [3.05, 3.63) is 82.9 Å². The van der Waals surface area contributed by atoms with Gasteiger partial charge in [-0.25, -0.2) is 4.79 Å². The monoisotopic (exact) mass is 496 g/mol. The number of nitrogens with zero attached hydrogens (tertiary/aromatic N) is 1. The second-order valence-electron chi connectivity index (χ2n) is 7.41. The van der Waals surface area contributed by atoms with Gasteiger partial charge in [-0.1, -0.05) is 65.3 Å². The lowest BCUT2D eigenvalue weighted by Crippen LogP contribution is -2.45. The maximum Gasteiger partial charge on any atom is 0.326 e. The molecule has 0 bridgehead atoms. The number of nitrogens with one attached hydrogen (secondary N) is 1. The molecule has 8 nitrogen and oxygen atoms in total. The predicted octanol–water partition coefficient (Wildman–Crippen LogP) is 4.19. The lowest BCUT2D eigenvalue weighted by molar-refractivity contribution is -0.141. The normalized spacial score (nSPS) is 11.9. The van der Waals surface area contributed by atoms with Crippen molar-refractivity contribution in [3.8, 4) is 22.6 Å². The maximum atomic E-state index is 12.9. The SMILES string of the molecule is CON=C(C(=O)N[C@@H](Cc1ccc(-c2c(OC)cccc2OC)cc1)C(=O)O)c1ccccc1Cl. The molecule has 1 amide bonds. The standard InChI is InChI=1S/C26H25ClN2O6/c1-33-21-9-6-10-22(34-2)23(21)17-13-11-16(12-14-17)15-20(26(31)32)28-25(30)24(29-35-3)18-7-4-5-8-19(18)27/h4-14,20H,15H2,1-3H3,(H,28,30)(H,31,32)/t20-/m0/s1. The Kier molecular flexibility index (Phi) is 8.69. The van der Waals surface area contributed by atoms with E-state index in [1.807, 2.05) is 30.3 Å². The third-order valence-electron chi connectivity index (χ3n) is 5.24. The summed E-state index contributed by atoms with van der Waals surface area (Å²) in [6.07, 6.45) is 0.0488. The van der Waals surface area contributed by atoms with Gasteiger partial charge >= 0.3 is 5.97 Å². The van der Waals surface area contributed by atoms with Crippen molar-refractivity contribution in [2.24, 2.45) is 5.16 Å². The van der Waals surface area contributed by atoms with Gasteiger partial charge < -0.3 is 24.7 Å². The number of oxime groups is 1. The Morgan fingerprint density at radius 2 is 1.57 bits per heavy atom. The van der Waals surface area contributed by atoms with Crippen LogP contribution in [0.25, 0.3) is 11.1 Å². The van der Waals surface area contributed by atoms with Gasteiger partial charge in [0.05, 0.1) is 24.8 Å². The van der Waals surface area contributed by atoms with Crippen LogP contribution in [0.15, 0.2) is 71.9 Å². The van der Waals surface area contributed by atoms with Crippen molar-refractivity contribution < 1.29 is 29.0 Å². The number of carbonyl (C=O) groups excluding carboxylic acids is 1. The van der Waals surface area contributed by atoms with Gasteiger partial charge in [-0.2, -0.15) is 0 Å². The van der Waals surface area contributed by atoms with Crippen molar-refractivity contribution in [2.75, 3.05) is 21.3 Å². The second-order valence-corrected chi connectivity index (χ2v) is 7.81. The molecule has 0 aliphatic heterocycles. The Morgan fingerprint density at radius 3 is 2.11 bits per heavy atom. The highest BCUT2D eigenvalue weighted by Crippen LogP contribution is 2.38. The molecule has 9 heteroatoms. The lowest BCUT2D eigenvalue weighted by Gasteiger charge is -2.17. The molecule has 0 aliphatic rings. The fourth-order valence-electron chi connectivity index (χ4n) is 3.56. The van der Waals surface area contributed by atoms with E-state index in [2.05, 4.69) is 10.5 Å². The zero-order chi connectivity index (χ0) is 25.4. The van der Waals surface area contributed by atoms with Crippen molar-refractivity contribution in [1.82, 2.24) is 5.32 Å². The first-order valence-corrected chi connectivity index (χ1v) is 11.0. The van der Waals surface area contributed by atoms with Crippen LogP contribution in [0.2, 0.25) is 5.02 Å². The van der Waals surface area contributed by atoms with E-state index in [0.29, 0.717) is 22.6 Å². The molecular weight excluding hydrogens is 472 g/mol. The van der Waals surface area contributed by atoms with Crippen LogP contribution >= 0.6 is 11.6 Å². The van der Waals surface area contributed by atoms with Gasteiger partial charge in [0, 0.05) is 12.0 Å². The molecule has 0 saturated carbocycles. The first-order valence-electron chi connectivity index (χ1n) is 10.6. The fourth-order valence-corrected chi connectivity index (χ4v) is 3.79. The van der Waals surface area contributed by atoms with Crippen LogP contribution in [0, 0.1) is 0 Å². The summed E-state index contributed by atoms with van der Waals surface area (Å²) in [5.74, 6) is -0.609. The zero-order valence-electron chi connectivity index (χ0n) is 19.4. The quantitative estimate of drug-likeness (QED) is 0.322. The summed E-state index contributed by atoms with van der Waals surface area (Å²) < 4.78 is 10.9. The number of carboxylic acid groups (broad SMARTS) is 1. The minimum atomic E-state index is -1.21. The van der Waals surface area contributed by atoms with Crippen LogP contribution in [-0.4, -0.2) is 50.1 Å². The van der Waals surface area contributed by atoms with Crippen molar-refractivity contribution in [1.29, 1.82) is 0 Å². The first kappa shape index (κ1) is 25.6. The van der Waals surface area contributed by atoms with E-state index in [-0.39, 0.29) is 17.2 Å². The second kappa shape index (κ2) is 11.9. The molecule has 1 atom stereocenters. The van der Waals surface area contributed by atoms with Crippen molar-refractivity contribution >= 4 is 29.2 Å². The number of hydrogen-bond acceptors (Lipinski definition) is 6. The molecular formula is C26H25ClN2O6. The number of halogens is 1. The molecule has 0 aromatic heterocycles. The third-order valence-corrected chi connectivity index (χ3v) is 5.57. The number of carbonyl (C=O) groups is 2. The summed E-state index contributed by atoms with van der Waals surface area (Å²) >= 11 is 6.19. The Morgan fingerprint density at radius 1 is 0.943 bits per heavy atom. The molecule has 0 heterocycles. The highest BCUT2D eigenvalue weighted by Gasteiger charge is 2.25. The van der Waals surface area contributed by atoms with E-state index >= 15 is 0 Å². The largest absolute Gasteiger partial charge is 0.496 e. The molecule has 0 spiro atoms. The van der Waals surface area contributed by atoms with Crippen LogP contribution in [-0.2, 0) is 20.8 Å². The Balaban J connectivity index is 1.82. The molecule has 2 N–H and O–H groups in total. The number of aliphatic carboxylic acids is 1. The maximum absolute atomic E-state index is 12.9. The Labute approximate surface area is 208 Å². The Bertz CT molecular complexity index is 1200. The third kappa shape index (κ3) is 6.10. The lowest BCUT2D eigenvalue weighted by atomic mass is 9.99. The predicted molar refractivity (Wildman–Crippen MR) is 133 cm³/mol. The van der Waals surface area contributed by atoms with Gasteiger partial charge in [-0.15, -0.1) is 0 Å². The summed E-state index contributed by atoms with van der Waals surface area (Å²) in [5.41, 5.74) is 2.54. The summed E-state index contributed by atoms with van der Waals surface area (Å²) in [7, 11) is 4.45. The van der Waals surface area contributed by atoms with E-state index in [4.69, 9.17) is 25.9 Å². The molecule has 0 fully saturated rings. The van der Waals surface area contributed by atoms with E-state index in [0.717, 1.165) is 11.1 Å². The van der Waals surface area contributed by atoms with E-state index in [1.54, 1.807) is 50.6 Å². The van der Waals surface area contributed by atoms with Crippen molar-refractivity contribution in [3.63, 3.8) is 0 Å². The van der Waals surface area contributed by atoms with Gasteiger partial charge in [0.2, 0.25) is 0 Å². The van der Waals surface area contributed by atoms with Gasteiger partial charge in [0.25, 0.3) is 5.91 Å². The van der Waals surface area contributed by atoms with E-state index < -0.39 is 17.9 Å². The number of rotatable bonds is 10. The molecule has 0 aliphatic carbocycles. The first-order chi connectivity index (χ1) is 16.9. The molecule has 0 saturated heterocycles. The number of carboxylic acids is 1. The highest BCUT2D eigenvalue weighted by atomic mass is 35.5. The summed E-state index contributed by atoms with van der Waals surface area (Å²) in [5, 5.41) is 16.3. The number of methoxy groups -OCH3 is 2. The van der Waals surface area contributed by atoms with Crippen LogP contribution in [0.1, 0.15) is 11.1 Å². The van der Waals surface area contributed by atoms with Crippen LogP contribution in [0.3, 0.4) is 0 Å². The number of ether oxygens (including phenoxy) is 2. The molecule has 0 radical (unpaired) electrons.